The van der Waals surface area contributed by atoms with Gasteiger partial charge in [-0.3, -0.25) is 9.79 Å². The number of hydrogen-bond donors (Lipinski definition) is 1. The molecule has 0 amide bonds. The predicted octanol–water partition coefficient (Wildman–Crippen LogP) is 1.95. The van der Waals surface area contributed by atoms with Crippen LogP contribution in [-0.4, -0.2) is 24.8 Å². The van der Waals surface area contributed by atoms with Crippen LogP contribution in [-0.2, 0) is 21.5 Å². The first kappa shape index (κ1) is 14.7. The largest absolute Gasteiger partial charge is 0.386 e. The number of nitrogens with two attached hydrogens (primary N) is 1. The number of rotatable bonds is 4. The molecule has 1 heterocycles. The molecule has 2 N–H and O–H groups in total. The number of carbonyl (C=O) groups is 1. The molecule has 0 unspecified atom stereocenters. The number of ketones is 1. The highest BCUT2D eigenvalue weighted by molar-refractivity contribution is 5.83. The topological polar surface area (TPSA) is 64.7 Å². The molecule has 1 aliphatic heterocycles. The highest BCUT2D eigenvalue weighted by Crippen LogP contribution is 2.31. The number of Topliss-reactive ketones (excluding diaryl/α,β-unsaturated/α-hetero) is 1. The molecular weight excluding hydrogens is 259 g/mol. The van der Waals surface area contributed by atoms with Crippen molar-refractivity contribution in [1.29, 1.82) is 0 Å². The molecule has 0 spiro atoms. The first-order valence-electron chi connectivity index (χ1n) is 6.67. The van der Waals surface area contributed by atoms with Gasteiger partial charge in [0.05, 0.1) is 6.61 Å². The summed E-state index contributed by atoms with van der Waals surface area (Å²) in [7, 11) is 0. The molecule has 108 valence electrons. The molecule has 5 heteroatoms. The smallest absolute Gasteiger partial charge is 0.136 e. The van der Waals surface area contributed by atoms with Gasteiger partial charge >= 0.3 is 0 Å². The van der Waals surface area contributed by atoms with Gasteiger partial charge < -0.3 is 10.5 Å². The summed E-state index contributed by atoms with van der Waals surface area (Å²) < 4.78 is 19.5. The summed E-state index contributed by atoms with van der Waals surface area (Å²) in [5.41, 5.74) is 6.05. The minimum atomic E-state index is -0.836. The van der Waals surface area contributed by atoms with E-state index in [0.717, 1.165) is 5.56 Å². The van der Waals surface area contributed by atoms with Crippen molar-refractivity contribution in [2.75, 3.05) is 13.2 Å². The number of carbonyl (C=O) groups excluding carboxylic acids is 1. The molecule has 20 heavy (non-hydrogen) atoms. The quantitative estimate of drug-likeness (QED) is 0.915. The summed E-state index contributed by atoms with van der Waals surface area (Å²) in [4.78, 5) is 15.8. The fraction of sp³-hybridized carbons (Fsp3) is 0.467. The molecule has 2 rings (SSSR count). The Kier molecular flexibility index (Phi) is 4.18. The molecule has 0 bridgehead atoms. The van der Waals surface area contributed by atoms with Crippen molar-refractivity contribution in [3.63, 3.8) is 0 Å². The summed E-state index contributed by atoms with van der Waals surface area (Å²) in [6.07, 6.45) is 0.776. The van der Waals surface area contributed by atoms with E-state index in [0.29, 0.717) is 24.2 Å². The van der Waals surface area contributed by atoms with Crippen molar-refractivity contribution >= 4 is 11.6 Å². The second kappa shape index (κ2) is 5.71. The van der Waals surface area contributed by atoms with Gasteiger partial charge in [0.15, 0.2) is 0 Å². The second-order valence-electron chi connectivity index (χ2n) is 5.25. The molecule has 0 aromatic heterocycles. The van der Waals surface area contributed by atoms with Crippen molar-refractivity contribution in [2.24, 2.45) is 10.7 Å². The zero-order chi connectivity index (χ0) is 14.8. The van der Waals surface area contributed by atoms with Crippen LogP contribution >= 0.6 is 0 Å². The van der Waals surface area contributed by atoms with Crippen LogP contribution in [0.15, 0.2) is 23.2 Å². The molecule has 0 saturated heterocycles. The molecule has 0 fully saturated rings. The van der Waals surface area contributed by atoms with E-state index in [1.54, 1.807) is 19.1 Å². The van der Waals surface area contributed by atoms with E-state index < -0.39 is 5.54 Å². The van der Waals surface area contributed by atoms with Gasteiger partial charge in [0.1, 0.15) is 29.6 Å². The molecule has 0 radical (unpaired) electrons. The minimum absolute atomic E-state index is 0.121. The van der Waals surface area contributed by atoms with E-state index in [1.807, 2.05) is 6.92 Å². The summed E-state index contributed by atoms with van der Waals surface area (Å²) in [5.74, 6) is 0.117. The maximum absolute atomic E-state index is 14.1. The van der Waals surface area contributed by atoms with E-state index in [4.69, 9.17) is 10.5 Å². The van der Waals surface area contributed by atoms with Gasteiger partial charge in [-0.1, -0.05) is 13.0 Å². The monoisotopic (exact) mass is 278 g/mol. The van der Waals surface area contributed by atoms with Crippen LogP contribution in [0, 0.1) is 5.82 Å². The van der Waals surface area contributed by atoms with Crippen LogP contribution in [0.3, 0.4) is 0 Å². The number of ether oxygens (including phenoxy) is 1. The highest BCUT2D eigenvalue weighted by Gasteiger charge is 2.32. The number of aliphatic imine (C=N–C) groups is 1. The summed E-state index contributed by atoms with van der Waals surface area (Å²) in [6.45, 7) is 4.14. The number of benzene rings is 1. The van der Waals surface area contributed by atoms with Crippen LogP contribution in [0.2, 0.25) is 0 Å². The van der Waals surface area contributed by atoms with Crippen molar-refractivity contribution < 1.29 is 13.9 Å². The van der Waals surface area contributed by atoms with Gasteiger partial charge in [0, 0.05) is 18.4 Å². The third kappa shape index (κ3) is 3.04. The normalized spacial score (nSPS) is 22.4. The lowest BCUT2D eigenvalue weighted by molar-refractivity contribution is -0.118. The lowest BCUT2D eigenvalue weighted by Crippen LogP contribution is -2.38. The van der Waals surface area contributed by atoms with Crippen LogP contribution in [0.4, 0.5) is 4.39 Å². The van der Waals surface area contributed by atoms with E-state index in [9.17, 15) is 9.18 Å². The standard InChI is InChI=1S/C15H19FN2O2/c1-3-11(19)6-10-4-5-13(16)12(7-10)15(2)9-20-8-14(17)18-15/h4-5,7H,3,6,8-9H2,1-2H3,(H2,17,18)/t15-/m0/s1. The molecule has 0 aliphatic carbocycles. The predicted molar refractivity (Wildman–Crippen MR) is 75.2 cm³/mol. The SMILES string of the molecule is CCC(=O)Cc1ccc(F)c([C@]2(C)COCC(N)=N2)c1. The number of halogens is 1. The molecule has 1 aromatic rings. The Morgan fingerprint density at radius 3 is 2.95 bits per heavy atom. The summed E-state index contributed by atoms with van der Waals surface area (Å²) >= 11 is 0. The lowest BCUT2D eigenvalue weighted by Gasteiger charge is -2.30. The van der Waals surface area contributed by atoms with Crippen molar-refractivity contribution in [1.82, 2.24) is 0 Å². The van der Waals surface area contributed by atoms with Gasteiger partial charge in [-0.2, -0.15) is 0 Å². The molecule has 0 saturated carbocycles. The maximum atomic E-state index is 14.1. The number of amidine groups is 1. The Bertz CT molecular complexity index is 557. The van der Waals surface area contributed by atoms with E-state index >= 15 is 0 Å². The second-order valence-corrected chi connectivity index (χ2v) is 5.25. The molecular formula is C15H19FN2O2. The zero-order valence-corrected chi connectivity index (χ0v) is 11.8. The molecule has 1 atom stereocenters. The average molecular weight is 278 g/mol. The van der Waals surface area contributed by atoms with Crippen LogP contribution in [0.5, 0.6) is 0 Å². The fourth-order valence-corrected chi connectivity index (χ4v) is 2.32. The molecule has 1 aromatic carbocycles. The third-order valence-corrected chi connectivity index (χ3v) is 3.43. The molecule has 4 nitrogen and oxygen atoms in total. The van der Waals surface area contributed by atoms with Gasteiger partial charge in [-0.25, -0.2) is 4.39 Å². The fourth-order valence-electron chi connectivity index (χ4n) is 2.32. The van der Waals surface area contributed by atoms with Crippen molar-refractivity contribution in [2.45, 2.75) is 32.2 Å². The first-order valence-corrected chi connectivity index (χ1v) is 6.67. The maximum Gasteiger partial charge on any atom is 0.136 e. The van der Waals surface area contributed by atoms with E-state index in [1.165, 1.54) is 6.07 Å². The third-order valence-electron chi connectivity index (χ3n) is 3.43. The van der Waals surface area contributed by atoms with Crippen LogP contribution < -0.4 is 5.73 Å². The number of nitrogens with zero attached hydrogens (tertiary/aromatic N) is 1. The zero-order valence-electron chi connectivity index (χ0n) is 11.8. The van der Waals surface area contributed by atoms with Crippen molar-refractivity contribution in [3.05, 3.63) is 35.1 Å². The van der Waals surface area contributed by atoms with Crippen molar-refractivity contribution in [3.8, 4) is 0 Å². The Morgan fingerprint density at radius 1 is 1.55 bits per heavy atom. The molecule has 1 aliphatic rings. The highest BCUT2D eigenvalue weighted by atomic mass is 19.1. The van der Waals surface area contributed by atoms with Gasteiger partial charge in [0.25, 0.3) is 0 Å². The average Bonchev–Trinajstić information content (AvgIpc) is 2.40. The lowest BCUT2D eigenvalue weighted by atomic mass is 9.90. The van der Waals surface area contributed by atoms with Gasteiger partial charge in [-0.15, -0.1) is 0 Å². The van der Waals surface area contributed by atoms with E-state index in [2.05, 4.69) is 4.99 Å². The van der Waals surface area contributed by atoms with E-state index in [-0.39, 0.29) is 24.8 Å². The Hall–Kier alpha value is -1.75. The summed E-state index contributed by atoms with van der Waals surface area (Å²) in [5, 5.41) is 0. The minimum Gasteiger partial charge on any atom is -0.386 e. The summed E-state index contributed by atoms with van der Waals surface area (Å²) in [6, 6.07) is 4.69. The first-order chi connectivity index (χ1) is 9.44. The van der Waals surface area contributed by atoms with Crippen LogP contribution in [0.1, 0.15) is 31.4 Å². The Labute approximate surface area is 117 Å². The van der Waals surface area contributed by atoms with Gasteiger partial charge in [-0.05, 0) is 24.6 Å². The van der Waals surface area contributed by atoms with Crippen LogP contribution in [0.25, 0.3) is 0 Å². The Balaban J connectivity index is 2.38. The number of hydrogen-bond acceptors (Lipinski definition) is 4. The van der Waals surface area contributed by atoms with Gasteiger partial charge in [0.2, 0.25) is 0 Å². The Morgan fingerprint density at radius 2 is 2.30 bits per heavy atom.